The van der Waals surface area contributed by atoms with Crippen LogP contribution in [0, 0.1) is 0 Å². The molecule has 0 spiro atoms. The smallest absolute Gasteiger partial charge is 0.331 e. The first kappa shape index (κ1) is 14.0. The zero-order valence-corrected chi connectivity index (χ0v) is 9.72. The van der Waals surface area contributed by atoms with Crippen molar-refractivity contribution in [3.63, 3.8) is 0 Å². The lowest BCUT2D eigenvalue weighted by molar-refractivity contribution is -0.187. The summed E-state index contributed by atoms with van der Waals surface area (Å²) in [4.78, 5) is 23.4. The lowest BCUT2D eigenvalue weighted by Crippen LogP contribution is -2.47. The van der Waals surface area contributed by atoms with E-state index in [-0.39, 0.29) is 25.2 Å². The lowest BCUT2D eigenvalue weighted by atomic mass is 10.0. The molecular formula is C11H16F3NO2. The SMILES string of the molecule is CCCC1CC(=O)CCCN1C(=O)C(F)(F)F. The molecular weight excluding hydrogens is 235 g/mol. The molecule has 98 valence electrons. The van der Waals surface area contributed by atoms with Gasteiger partial charge in [0.1, 0.15) is 5.78 Å². The van der Waals surface area contributed by atoms with Gasteiger partial charge in [-0.05, 0) is 12.8 Å². The summed E-state index contributed by atoms with van der Waals surface area (Å²) >= 11 is 0. The Hall–Kier alpha value is -1.07. The van der Waals surface area contributed by atoms with Crippen LogP contribution < -0.4 is 0 Å². The van der Waals surface area contributed by atoms with E-state index in [1.165, 1.54) is 0 Å². The van der Waals surface area contributed by atoms with E-state index in [1.54, 1.807) is 0 Å². The molecule has 1 heterocycles. The van der Waals surface area contributed by atoms with Crippen LogP contribution in [0.3, 0.4) is 0 Å². The second-order valence-electron chi connectivity index (χ2n) is 4.29. The molecule has 0 aromatic rings. The van der Waals surface area contributed by atoms with Gasteiger partial charge in [0.2, 0.25) is 0 Å². The molecule has 0 bridgehead atoms. The number of rotatable bonds is 2. The molecule has 6 heteroatoms. The molecule has 3 nitrogen and oxygen atoms in total. The minimum absolute atomic E-state index is 0.0226. The van der Waals surface area contributed by atoms with Gasteiger partial charge in [-0.1, -0.05) is 13.3 Å². The number of likely N-dealkylation sites (tertiary alicyclic amines) is 1. The van der Waals surface area contributed by atoms with E-state index in [4.69, 9.17) is 0 Å². The van der Waals surface area contributed by atoms with Crippen molar-refractivity contribution < 1.29 is 22.8 Å². The molecule has 1 atom stereocenters. The third kappa shape index (κ3) is 3.71. The van der Waals surface area contributed by atoms with Crippen LogP contribution in [0.15, 0.2) is 0 Å². The van der Waals surface area contributed by atoms with E-state index in [9.17, 15) is 22.8 Å². The highest BCUT2D eigenvalue weighted by Gasteiger charge is 2.45. The van der Waals surface area contributed by atoms with E-state index >= 15 is 0 Å². The van der Waals surface area contributed by atoms with Crippen LogP contribution in [0.2, 0.25) is 0 Å². The molecule has 1 fully saturated rings. The molecule has 1 rings (SSSR count). The highest BCUT2D eigenvalue weighted by Crippen LogP contribution is 2.25. The molecule has 1 aliphatic rings. The third-order valence-electron chi connectivity index (χ3n) is 2.88. The molecule has 0 saturated carbocycles. The molecule has 0 radical (unpaired) electrons. The van der Waals surface area contributed by atoms with Crippen LogP contribution in [-0.4, -0.2) is 35.4 Å². The van der Waals surface area contributed by atoms with Crippen LogP contribution in [0.25, 0.3) is 0 Å². The number of ketones is 1. The molecule has 1 unspecified atom stereocenters. The van der Waals surface area contributed by atoms with Crippen molar-refractivity contribution >= 4 is 11.7 Å². The topological polar surface area (TPSA) is 37.4 Å². The van der Waals surface area contributed by atoms with E-state index in [1.807, 2.05) is 6.92 Å². The van der Waals surface area contributed by atoms with Crippen LogP contribution >= 0.6 is 0 Å². The number of carbonyl (C=O) groups excluding carboxylic acids is 2. The normalized spacial score (nSPS) is 22.5. The summed E-state index contributed by atoms with van der Waals surface area (Å²) in [6.45, 7) is 1.85. The predicted molar refractivity (Wildman–Crippen MR) is 55.3 cm³/mol. The van der Waals surface area contributed by atoms with Gasteiger partial charge in [0.25, 0.3) is 0 Å². The first-order valence-electron chi connectivity index (χ1n) is 5.75. The number of alkyl halides is 3. The Bertz CT molecular complexity index is 302. The standard InChI is InChI=1S/C11H16F3NO2/c1-2-4-8-7-9(16)5-3-6-15(8)10(17)11(12,13)14/h8H,2-7H2,1H3. The van der Waals surface area contributed by atoms with Crippen LogP contribution in [0.4, 0.5) is 13.2 Å². The van der Waals surface area contributed by atoms with Gasteiger partial charge in [0.15, 0.2) is 0 Å². The van der Waals surface area contributed by atoms with Crippen LogP contribution in [-0.2, 0) is 9.59 Å². The van der Waals surface area contributed by atoms with Gasteiger partial charge in [-0.2, -0.15) is 13.2 Å². The Morgan fingerprint density at radius 2 is 2.12 bits per heavy atom. The molecule has 1 saturated heterocycles. The molecule has 1 aliphatic heterocycles. The Kier molecular flexibility index (Phi) is 4.54. The highest BCUT2D eigenvalue weighted by molar-refractivity contribution is 5.84. The number of halogens is 3. The monoisotopic (exact) mass is 251 g/mol. The zero-order valence-electron chi connectivity index (χ0n) is 9.72. The molecule has 17 heavy (non-hydrogen) atoms. The van der Waals surface area contributed by atoms with Crippen molar-refractivity contribution in [3.05, 3.63) is 0 Å². The number of hydrogen-bond acceptors (Lipinski definition) is 2. The number of amides is 1. The van der Waals surface area contributed by atoms with Gasteiger partial charge in [-0.15, -0.1) is 0 Å². The van der Waals surface area contributed by atoms with Crippen molar-refractivity contribution in [3.8, 4) is 0 Å². The number of hydrogen-bond donors (Lipinski definition) is 0. The summed E-state index contributed by atoms with van der Waals surface area (Å²) in [5.74, 6) is -1.87. The highest BCUT2D eigenvalue weighted by atomic mass is 19.4. The maximum atomic E-state index is 12.4. The van der Waals surface area contributed by atoms with Crippen LogP contribution in [0.5, 0.6) is 0 Å². The molecule has 0 aromatic carbocycles. The number of carbonyl (C=O) groups is 2. The summed E-state index contributed by atoms with van der Waals surface area (Å²) in [6, 6.07) is -0.593. The van der Waals surface area contributed by atoms with Crippen molar-refractivity contribution in [2.45, 2.75) is 51.2 Å². The van der Waals surface area contributed by atoms with Gasteiger partial charge in [0, 0.05) is 25.4 Å². The maximum Gasteiger partial charge on any atom is 0.471 e. The van der Waals surface area contributed by atoms with Crippen molar-refractivity contribution in [2.75, 3.05) is 6.54 Å². The predicted octanol–water partition coefficient (Wildman–Crippen LogP) is 2.30. The second-order valence-corrected chi connectivity index (χ2v) is 4.29. The van der Waals surface area contributed by atoms with E-state index in [2.05, 4.69) is 0 Å². The van der Waals surface area contributed by atoms with Gasteiger partial charge in [-0.25, -0.2) is 0 Å². The first-order valence-corrected chi connectivity index (χ1v) is 5.75. The quantitative estimate of drug-likeness (QED) is 0.755. The van der Waals surface area contributed by atoms with Crippen LogP contribution in [0.1, 0.15) is 39.0 Å². The van der Waals surface area contributed by atoms with Gasteiger partial charge >= 0.3 is 12.1 Å². The average Bonchev–Trinajstić information content (AvgIpc) is 2.38. The fourth-order valence-corrected chi connectivity index (χ4v) is 2.13. The molecule has 1 amide bonds. The average molecular weight is 251 g/mol. The molecule has 0 aromatic heterocycles. The molecule has 0 N–H and O–H groups in total. The zero-order chi connectivity index (χ0) is 13.1. The second kappa shape index (κ2) is 5.51. The van der Waals surface area contributed by atoms with E-state index < -0.39 is 18.1 Å². The largest absolute Gasteiger partial charge is 0.471 e. The summed E-state index contributed by atoms with van der Waals surface area (Å²) in [5.41, 5.74) is 0. The first-order chi connectivity index (χ1) is 7.86. The minimum Gasteiger partial charge on any atom is -0.331 e. The number of Topliss-reactive ketones (excluding diaryl/α,β-unsaturated/α-hetero) is 1. The van der Waals surface area contributed by atoms with Gasteiger partial charge in [-0.3, -0.25) is 9.59 Å². The fourth-order valence-electron chi connectivity index (χ4n) is 2.13. The van der Waals surface area contributed by atoms with Gasteiger partial charge in [0.05, 0.1) is 0 Å². The van der Waals surface area contributed by atoms with Crippen molar-refractivity contribution in [2.24, 2.45) is 0 Å². The number of nitrogens with zero attached hydrogens (tertiary/aromatic N) is 1. The summed E-state index contributed by atoms with van der Waals surface area (Å²) in [5, 5.41) is 0. The van der Waals surface area contributed by atoms with E-state index in [0.29, 0.717) is 19.3 Å². The minimum atomic E-state index is -4.85. The van der Waals surface area contributed by atoms with Gasteiger partial charge < -0.3 is 4.90 Å². The Morgan fingerprint density at radius 1 is 1.47 bits per heavy atom. The fraction of sp³-hybridized carbons (Fsp3) is 0.818. The molecule has 0 aliphatic carbocycles. The van der Waals surface area contributed by atoms with Crippen molar-refractivity contribution in [1.82, 2.24) is 4.90 Å². The lowest BCUT2D eigenvalue weighted by Gasteiger charge is -2.30. The summed E-state index contributed by atoms with van der Waals surface area (Å²) in [6.07, 6.45) is -3.12. The summed E-state index contributed by atoms with van der Waals surface area (Å²) in [7, 11) is 0. The maximum absolute atomic E-state index is 12.4. The summed E-state index contributed by atoms with van der Waals surface area (Å²) < 4.78 is 37.2. The van der Waals surface area contributed by atoms with E-state index in [0.717, 1.165) is 4.90 Å². The Morgan fingerprint density at radius 3 is 2.65 bits per heavy atom. The van der Waals surface area contributed by atoms with Crippen molar-refractivity contribution in [1.29, 1.82) is 0 Å². The Labute approximate surface area is 98.0 Å². The third-order valence-corrected chi connectivity index (χ3v) is 2.88. The Balaban J connectivity index is 2.84.